The van der Waals surface area contributed by atoms with E-state index in [-0.39, 0.29) is 6.03 Å². The van der Waals surface area contributed by atoms with Crippen LogP contribution in [0.4, 0.5) is 4.79 Å². The van der Waals surface area contributed by atoms with Crippen LogP contribution in [0.15, 0.2) is 24.3 Å². The van der Waals surface area contributed by atoms with Gasteiger partial charge < -0.3 is 16.4 Å². The Hall–Kier alpha value is -1.78. The summed E-state index contributed by atoms with van der Waals surface area (Å²) in [6.07, 6.45) is 6.41. The summed E-state index contributed by atoms with van der Waals surface area (Å²) in [6, 6.07) is -0.865. The van der Waals surface area contributed by atoms with Crippen molar-refractivity contribution < 1.29 is 9.59 Å². The zero-order chi connectivity index (χ0) is 13.3. The lowest BCUT2D eigenvalue weighted by atomic mass is 10.2. The molecule has 1 saturated heterocycles. The number of primary amides is 1. The predicted octanol–water partition coefficient (Wildman–Crippen LogP) is 1.07. The molecule has 17 heavy (non-hydrogen) atoms. The lowest BCUT2D eigenvalue weighted by Crippen LogP contribution is -2.39. The maximum Gasteiger partial charge on any atom is 0.315 e. The van der Waals surface area contributed by atoms with Gasteiger partial charge >= 0.3 is 6.03 Å². The highest BCUT2D eigenvalue weighted by molar-refractivity contribution is 5.89. The minimum Gasteiger partial charge on any atom is -0.368 e. The van der Waals surface area contributed by atoms with Gasteiger partial charge in [-0.15, -0.1) is 0 Å². The first-order valence-electron chi connectivity index (χ1n) is 5.65. The maximum atomic E-state index is 10.3. The molecule has 1 atom stereocenters. The van der Waals surface area contributed by atoms with Crippen LogP contribution in [0, 0.1) is 0 Å². The minimum atomic E-state index is -0.530. The van der Waals surface area contributed by atoms with Gasteiger partial charge in [-0.25, -0.2) is 4.79 Å². The van der Waals surface area contributed by atoms with Crippen molar-refractivity contribution in [3.05, 3.63) is 24.3 Å². The van der Waals surface area contributed by atoms with Gasteiger partial charge in [0.05, 0.1) is 0 Å². The summed E-state index contributed by atoms with van der Waals surface area (Å²) < 4.78 is 0. The monoisotopic (exact) mass is 239 g/mol. The summed E-state index contributed by atoms with van der Waals surface area (Å²) in [5, 5.41) is 4.73. The zero-order valence-corrected chi connectivity index (χ0v) is 10.5. The third kappa shape index (κ3) is 7.16. The van der Waals surface area contributed by atoms with Gasteiger partial charge in [0.2, 0.25) is 5.91 Å². The number of hydrogen-bond donors (Lipinski definition) is 3. The summed E-state index contributed by atoms with van der Waals surface area (Å²) in [5.41, 5.74) is 6.10. The Labute approximate surface area is 102 Å². The van der Waals surface area contributed by atoms with E-state index in [1.54, 1.807) is 0 Å². The lowest BCUT2D eigenvalue weighted by molar-refractivity contribution is -0.119. The lowest BCUT2D eigenvalue weighted by Gasteiger charge is -1.99. The zero-order valence-electron chi connectivity index (χ0n) is 10.5. The number of allylic oxidation sites excluding steroid dienone is 3. The van der Waals surface area contributed by atoms with Gasteiger partial charge in [0.15, 0.2) is 0 Å². The minimum absolute atomic E-state index is 0.300. The van der Waals surface area contributed by atoms with Gasteiger partial charge in [-0.2, -0.15) is 0 Å². The molecule has 0 aromatic rings. The van der Waals surface area contributed by atoms with Crippen molar-refractivity contribution in [2.75, 3.05) is 6.54 Å². The molecular formula is C12H21N3O2. The highest BCUT2D eigenvalue weighted by Crippen LogP contribution is 2.01. The quantitative estimate of drug-likeness (QED) is 0.641. The fraction of sp³-hybridized carbons (Fsp3) is 0.500. The number of rotatable bonds is 4. The average Bonchev–Trinajstić information content (AvgIpc) is 2.67. The topological polar surface area (TPSA) is 84.2 Å². The highest BCUT2D eigenvalue weighted by atomic mass is 16.2. The van der Waals surface area contributed by atoms with Gasteiger partial charge in [-0.3, -0.25) is 4.79 Å². The Bertz CT molecular complexity index is 311. The van der Waals surface area contributed by atoms with Gasteiger partial charge in [0.25, 0.3) is 0 Å². The molecule has 5 nitrogen and oxygen atoms in total. The number of carbonyl (C=O) groups is 2. The SMILES string of the molecule is C=C(/C=C\C)CCC.NC(=O)C1CNC(=O)N1. The largest absolute Gasteiger partial charge is 0.368 e. The Morgan fingerprint density at radius 3 is 2.59 bits per heavy atom. The second kappa shape index (κ2) is 8.38. The van der Waals surface area contributed by atoms with Crippen LogP contribution in [0.2, 0.25) is 0 Å². The second-order valence-electron chi connectivity index (χ2n) is 3.72. The molecule has 0 aromatic carbocycles. The van der Waals surface area contributed by atoms with E-state index in [0.717, 1.165) is 6.42 Å². The van der Waals surface area contributed by atoms with E-state index in [1.807, 2.05) is 13.0 Å². The van der Waals surface area contributed by atoms with Crippen LogP contribution >= 0.6 is 0 Å². The molecule has 1 unspecified atom stereocenters. The molecule has 1 aliphatic rings. The van der Waals surface area contributed by atoms with E-state index in [0.29, 0.717) is 6.54 Å². The molecule has 0 aromatic heterocycles. The van der Waals surface area contributed by atoms with E-state index in [2.05, 4.69) is 30.2 Å². The first kappa shape index (κ1) is 15.2. The summed E-state index contributed by atoms with van der Waals surface area (Å²) in [5.74, 6) is -0.506. The molecule has 0 spiro atoms. The molecule has 1 fully saturated rings. The van der Waals surface area contributed by atoms with Crippen LogP contribution in [-0.2, 0) is 4.79 Å². The first-order valence-corrected chi connectivity index (χ1v) is 5.65. The molecule has 1 rings (SSSR count). The number of nitrogens with two attached hydrogens (primary N) is 1. The molecule has 96 valence electrons. The van der Waals surface area contributed by atoms with Crippen molar-refractivity contribution in [3.63, 3.8) is 0 Å². The molecule has 0 saturated carbocycles. The Morgan fingerprint density at radius 2 is 2.29 bits per heavy atom. The molecular weight excluding hydrogens is 218 g/mol. The van der Waals surface area contributed by atoms with Gasteiger partial charge in [0, 0.05) is 6.54 Å². The summed E-state index contributed by atoms with van der Waals surface area (Å²) in [4.78, 5) is 20.6. The molecule has 4 N–H and O–H groups in total. The number of urea groups is 1. The standard InChI is InChI=1S/C8H14.C4H7N3O2/c1-4-6-8(3)7-5-2;5-3(8)2-1-6-4(9)7-2/h4,6H,3,5,7H2,1-2H3;2H,1H2,(H2,5,8)(H2,6,7,9)/b6-4-;. The van der Waals surface area contributed by atoms with Gasteiger partial charge in [-0.1, -0.05) is 37.6 Å². The summed E-state index contributed by atoms with van der Waals surface area (Å²) in [6.45, 7) is 8.32. The molecule has 1 aliphatic heterocycles. The fourth-order valence-electron chi connectivity index (χ4n) is 1.27. The number of hydrogen-bond acceptors (Lipinski definition) is 2. The number of amides is 3. The predicted molar refractivity (Wildman–Crippen MR) is 68.4 cm³/mol. The average molecular weight is 239 g/mol. The Balaban J connectivity index is 0.000000304. The Morgan fingerprint density at radius 1 is 1.65 bits per heavy atom. The van der Waals surface area contributed by atoms with Crippen LogP contribution < -0.4 is 16.4 Å². The van der Waals surface area contributed by atoms with Gasteiger partial charge in [-0.05, 0) is 13.3 Å². The van der Waals surface area contributed by atoms with Crippen molar-refractivity contribution in [2.24, 2.45) is 5.73 Å². The van der Waals surface area contributed by atoms with Crippen molar-refractivity contribution in [2.45, 2.75) is 32.7 Å². The molecule has 3 amide bonds. The smallest absolute Gasteiger partial charge is 0.315 e. The second-order valence-corrected chi connectivity index (χ2v) is 3.72. The molecule has 1 heterocycles. The van der Waals surface area contributed by atoms with E-state index in [9.17, 15) is 9.59 Å². The summed E-state index contributed by atoms with van der Waals surface area (Å²) in [7, 11) is 0. The fourth-order valence-corrected chi connectivity index (χ4v) is 1.27. The van der Waals surface area contributed by atoms with Crippen molar-refractivity contribution in [3.8, 4) is 0 Å². The van der Waals surface area contributed by atoms with Crippen LogP contribution in [0.1, 0.15) is 26.7 Å². The third-order valence-electron chi connectivity index (χ3n) is 2.09. The van der Waals surface area contributed by atoms with E-state index < -0.39 is 11.9 Å². The third-order valence-corrected chi connectivity index (χ3v) is 2.09. The van der Waals surface area contributed by atoms with Crippen molar-refractivity contribution in [1.29, 1.82) is 0 Å². The van der Waals surface area contributed by atoms with Crippen molar-refractivity contribution >= 4 is 11.9 Å². The van der Waals surface area contributed by atoms with Gasteiger partial charge in [0.1, 0.15) is 6.04 Å². The van der Waals surface area contributed by atoms with Crippen LogP contribution in [-0.4, -0.2) is 24.5 Å². The normalized spacial score (nSPS) is 18.0. The number of nitrogens with one attached hydrogen (secondary N) is 2. The van der Waals surface area contributed by atoms with Crippen LogP contribution in [0.25, 0.3) is 0 Å². The number of carbonyl (C=O) groups excluding carboxylic acids is 2. The van der Waals surface area contributed by atoms with Crippen molar-refractivity contribution in [1.82, 2.24) is 10.6 Å². The highest BCUT2D eigenvalue weighted by Gasteiger charge is 2.23. The van der Waals surface area contributed by atoms with E-state index >= 15 is 0 Å². The first-order chi connectivity index (χ1) is 8.01. The van der Waals surface area contributed by atoms with E-state index in [1.165, 1.54) is 12.0 Å². The molecule has 0 radical (unpaired) electrons. The molecule has 0 bridgehead atoms. The Kier molecular flexibility index (Phi) is 7.50. The maximum absolute atomic E-state index is 10.3. The summed E-state index contributed by atoms with van der Waals surface area (Å²) >= 11 is 0. The molecule has 0 aliphatic carbocycles. The molecule has 5 heteroatoms. The van der Waals surface area contributed by atoms with Crippen LogP contribution in [0.5, 0.6) is 0 Å². The van der Waals surface area contributed by atoms with E-state index in [4.69, 9.17) is 5.73 Å². The van der Waals surface area contributed by atoms with Crippen LogP contribution in [0.3, 0.4) is 0 Å².